The average Bonchev–Trinajstić information content (AvgIpc) is 2.36. The number of aliphatic hydroxyl groups is 1. The van der Waals surface area contributed by atoms with Gasteiger partial charge in [-0.25, -0.2) is 9.97 Å². The van der Waals surface area contributed by atoms with Crippen molar-refractivity contribution in [1.29, 1.82) is 0 Å². The zero-order chi connectivity index (χ0) is 13.9. The molecule has 1 aromatic rings. The molecule has 1 aromatic heterocycles. The topological polar surface area (TPSA) is 58.0 Å². The van der Waals surface area contributed by atoms with Crippen molar-refractivity contribution in [2.45, 2.75) is 38.0 Å². The Morgan fingerprint density at radius 1 is 1.37 bits per heavy atom. The fourth-order valence-electron chi connectivity index (χ4n) is 2.29. The van der Waals surface area contributed by atoms with Crippen LogP contribution >= 0.6 is 0 Å². The van der Waals surface area contributed by atoms with Crippen molar-refractivity contribution in [3.63, 3.8) is 0 Å². The Morgan fingerprint density at radius 2 is 2.16 bits per heavy atom. The molecule has 4 nitrogen and oxygen atoms in total. The Morgan fingerprint density at radius 3 is 2.84 bits per heavy atom. The van der Waals surface area contributed by atoms with E-state index in [0.29, 0.717) is 13.0 Å². The van der Waals surface area contributed by atoms with E-state index in [1.807, 2.05) is 0 Å². The molecule has 7 heteroatoms. The highest BCUT2D eigenvalue weighted by Gasteiger charge is 2.32. The third kappa shape index (κ3) is 4.05. The zero-order valence-corrected chi connectivity index (χ0v) is 10.3. The third-order valence-corrected chi connectivity index (χ3v) is 3.25. The number of halogens is 3. The average molecular weight is 275 g/mol. The van der Waals surface area contributed by atoms with Crippen molar-refractivity contribution < 1.29 is 18.3 Å². The van der Waals surface area contributed by atoms with Gasteiger partial charge in [0.1, 0.15) is 5.69 Å². The van der Waals surface area contributed by atoms with Crippen LogP contribution in [0.3, 0.4) is 0 Å². The predicted octanol–water partition coefficient (Wildman–Crippen LogP) is 2.46. The molecule has 2 atom stereocenters. The van der Waals surface area contributed by atoms with Crippen molar-refractivity contribution in [2.24, 2.45) is 5.92 Å². The molecule has 106 valence electrons. The summed E-state index contributed by atoms with van der Waals surface area (Å²) >= 11 is 0. The Balaban J connectivity index is 1.92. The van der Waals surface area contributed by atoms with Gasteiger partial charge in [-0.05, 0) is 31.2 Å². The van der Waals surface area contributed by atoms with Crippen LogP contribution in [0.1, 0.15) is 31.4 Å². The molecule has 0 radical (unpaired) electrons. The summed E-state index contributed by atoms with van der Waals surface area (Å²) in [5.41, 5.74) is -0.950. The molecule has 19 heavy (non-hydrogen) atoms. The summed E-state index contributed by atoms with van der Waals surface area (Å²) < 4.78 is 37.4. The molecule has 1 aliphatic carbocycles. The number of rotatable bonds is 3. The fourth-order valence-corrected chi connectivity index (χ4v) is 2.29. The van der Waals surface area contributed by atoms with Gasteiger partial charge >= 0.3 is 6.18 Å². The summed E-state index contributed by atoms with van der Waals surface area (Å²) in [7, 11) is 0. The van der Waals surface area contributed by atoms with E-state index in [2.05, 4.69) is 15.3 Å². The Hall–Kier alpha value is -1.37. The molecule has 2 unspecified atom stereocenters. The second-order valence-electron chi connectivity index (χ2n) is 4.83. The van der Waals surface area contributed by atoms with Gasteiger partial charge in [-0.1, -0.05) is 6.42 Å². The van der Waals surface area contributed by atoms with Crippen LogP contribution in [0.15, 0.2) is 12.3 Å². The van der Waals surface area contributed by atoms with Gasteiger partial charge < -0.3 is 10.4 Å². The number of aliphatic hydroxyl groups excluding tert-OH is 1. The number of nitrogens with one attached hydrogen (secondary N) is 1. The number of hydrogen-bond donors (Lipinski definition) is 2. The maximum absolute atomic E-state index is 12.5. The normalized spacial score (nSPS) is 24.2. The molecule has 1 heterocycles. The van der Waals surface area contributed by atoms with Crippen LogP contribution in [0.5, 0.6) is 0 Å². The highest BCUT2D eigenvalue weighted by atomic mass is 19.4. The molecule has 1 aliphatic rings. The van der Waals surface area contributed by atoms with Crippen molar-refractivity contribution in [1.82, 2.24) is 9.97 Å². The largest absolute Gasteiger partial charge is 0.433 e. The lowest BCUT2D eigenvalue weighted by Gasteiger charge is -2.25. The van der Waals surface area contributed by atoms with Gasteiger partial charge in [-0.3, -0.25) is 0 Å². The molecular formula is C12H16F3N3O. The molecule has 0 aromatic carbocycles. The second kappa shape index (κ2) is 5.73. The predicted molar refractivity (Wildman–Crippen MR) is 63.5 cm³/mol. The summed E-state index contributed by atoms with van der Waals surface area (Å²) in [5, 5.41) is 12.3. The van der Waals surface area contributed by atoms with E-state index in [4.69, 9.17) is 0 Å². The van der Waals surface area contributed by atoms with E-state index >= 15 is 0 Å². The first-order valence-electron chi connectivity index (χ1n) is 6.27. The molecule has 0 aliphatic heterocycles. The van der Waals surface area contributed by atoms with Crippen LogP contribution in [0.2, 0.25) is 0 Å². The maximum Gasteiger partial charge on any atom is 0.433 e. The lowest BCUT2D eigenvalue weighted by molar-refractivity contribution is -0.141. The molecule has 0 spiro atoms. The van der Waals surface area contributed by atoms with Crippen LogP contribution in [0, 0.1) is 5.92 Å². The summed E-state index contributed by atoms with van der Waals surface area (Å²) in [6.07, 6.45) is -0.292. The van der Waals surface area contributed by atoms with E-state index in [-0.39, 0.29) is 18.0 Å². The van der Waals surface area contributed by atoms with E-state index in [1.165, 1.54) is 0 Å². The van der Waals surface area contributed by atoms with Crippen molar-refractivity contribution >= 4 is 5.95 Å². The Bertz CT molecular complexity index is 425. The van der Waals surface area contributed by atoms with Gasteiger partial charge in [0.15, 0.2) is 0 Å². The molecule has 2 rings (SSSR count). The lowest BCUT2D eigenvalue weighted by Crippen LogP contribution is -2.25. The maximum atomic E-state index is 12.5. The molecule has 0 bridgehead atoms. The highest BCUT2D eigenvalue weighted by Crippen LogP contribution is 2.28. The van der Waals surface area contributed by atoms with Crippen LogP contribution < -0.4 is 5.32 Å². The molecule has 2 N–H and O–H groups in total. The third-order valence-electron chi connectivity index (χ3n) is 3.25. The minimum absolute atomic E-state index is 0.0186. The molecule has 0 saturated heterocycles. The fraction of sp³-hybridized carbons (Fsp3) is 0.667. The van der Waals surface area contributed by atoms with Gasteiger partial charge in [0.25, 0.3) is 0 Å². The Kier molecular flexibility index (Phi) is 4.24. The van der Waals surface area contributed by atoms with Gasteiger partial charge in [0.05, 0.1) is 6.10 Å². The summed E-state index contributed by atoms with van der Waals surface area (Å²) in [6, 6.07) is 0.843. The van der Waals surface area contributed by atoms with Crippen molar-refractivity contribution in [2.75, 3.05) is 11.9 Å². The van der Waals surface area contributed by atoms with Crippen LogP contribution in [-0.4, -0.2) is 27.7 Å². The van der Waals surface area contributed by atoms with Gasteiger partial charge in [0, 0.05) is 12.7 Å². The summed E-state index contributed by atoms with van der Waals surface area (Å²) in [5.74, 6) is 0.233. The van der Waals surface area contributed by atoms with E-state index in [9.17, 15) is 18.3 Å². The van der Waals surface area contributed by atoms with Gasteiger partial charge in [-0.2, -0.15) is 13.2 Å². The molecule has 0 amide bonds. The monoisotopic (exact) mass is 275 g/mol. The van der Waals surface area contributed by atoms with Crippen LogP contribution in [-0.2, 0) is 6.18 Å². The van der Waals surface area contributed by atoms with Gasteiger partial charge in [-0.15, -0.1) is 0 Å². The standard InChI is InChI=1S/C12H16F3N3O/c13-12(14,15)10-4-5-16-11(18-10)17-7-8-2-1-3-9(19)6-8/h4-5,8-9,19H,1-3,6-7H2,(H,16,17,18). The first kappa shape index (κ1) is 14.0. The van der Waals surface area contributed by atoms with Crippen molar-refractivity contribution in [3.8, 4) is 0 Å². The number of alkyl halides is 3. The Labute approximate surface area is 109 Å². The minimum atomic E-state index is -4.46. The first-order chi connectivity index (χ1) is 8.95. The van der Waals surface area contributed by atoms with E-state index in [1.54, 1.807) is 0 Å². The second-order valence-corrected chi connectivity index (χ2v) is 4.83. The molecule has 1 fully saturated rings. The highest BCUT2D eigenvalue weighted by molar-refractivity contribution is 5.26. The summed E-state index contributed by atoms with van der Waals surface area (Å²) in [6.45, 7) is 0.484. The number of aromatic nitrogens is 2. The van der Waals surface area contributed by atoms with Crippen molar-refractivity contribution in [3.05, 3.63) is 18.0 Å². The van der Waals surface area contributed by atoms with E-state index in [0.717, 1.165) is 31.5 Å². The number of nitrogens with zero attached hydrogens (tertiary/aromatic N) is 2. The molecular weight excluding hydrogens is 259 g/mol. The minimum Gasteiger partial charge on any atom is -0.393 e. The first-order valence-corrected chi connectivity index (χ1v) is 6.27. The lowest BCUT2D eigenvalue weighted by atomic mass is 9.87. The van der Waals surface area contributed by atoms with Crippen LogP contribution in [0.4, 0.5) is 19.1 Å². The van der Waals surface area contributed by atoms with Crippen LogP contribution in [0.25, 0.3) is 0 Å². The van der Waals surface area contributed by atoms with Gasteiger partial charge in [0.2, 0.25) is 5.95 Å². The quantitative estimate of drug-likeness (QED) is 0.889. The number of anilines is 1. The molecule has 1 saturated carbocycles. The summed E-state index contributed by atoms with van der Waals surface area (Å²) in [4.78, 5) is 7.21. The zero-order valence-electron chi connectivity index (χ0n) is 10.3. The smallest absolute Gasteiger partial charge is 0.393 e. The number of hydrogen-bond acceptors (Lipinski definition) is 4. The SMILES string of the molecule is OC1CCCC(CNc2nccc(C(F)(F)F)n2)C1. The van der Waals surface area contributed by atoms with E-state index < -0.39 is 11.9 Å².